The lowest BCUT2D eigenvalue weighted by atomic mass is 10.3. The van der Waals surface area contributed by atoms with Gasteiger partial charge in [-0.25, -0.2) is 9.78 Å². The molecule has 5 heteroatoms. The molecule has 5 nitrogen and oxygen atoms in total. The van der Waals surface area contributed by atoms with Crippen LogP contribution in [0.2, 0.25) is 0 Å². The largest absolute Gasteiger partial charge is 0.438 e. The van der Waals surface area contributed by atoms with Gasteiger partial charge < -0.3 is 14.6 Å². The van der Waals surface area contributed by atoms with E-state index in [2.05, 4.69) is 10.3 Å². The maximum Gasteiger partial charge on any atom is 0.407 e. The third kappa shape index (κ3) is 1.37. The van der Waals surface area contributed by atoms with Gasteiger partial charge in [-0.15, -0.1) is 0 Å². The summed E-state index contributed by atoms with van der Waals surface area (Å²) in [5.41, 5.74) is 0. The molecule has 0 spiro atoms. The summed E-state index contributed by atoms with van der Waals surface area (Å²) in [5.74, 6) is 0.837. The van der Waals surface area contributed by atoms with E-state index in [1.165, 1.54) is 0 Å². The lowest BCUT2D eigenvalue weighted by molar-refractivity contribution is 0.0980. The maximum absolute atomic E-state index is 10.9. The Morgan fingerprint density at radius 1 is 1.85 bits per heavy atom. The summed E-state index contributed by atoms with van der Waals surface area (Å²) in [6.07, 6.45) is 3.84. The lowest BCUT2D eigenvalue weighted by Crippen LogP contribution is -2.21. The maximum atomic E-state index is 10.9. The van der Waals surface area contributed by atoms with Crippen molar-refractivity contribution in [1.29, 1.82) is 0 Å². The van der Waals surface area contributed by atoms with Gasteiger partial charge in [0, 0.05) is 32.4 Å². The number of rotatable bonds is 1. The van der Waals surface area contributed by atoms with Gasteiger partial charge in [0.05, 0.1) is 0 Å². The molecular formula is C8H11N3O2. The molecule has 1 aromatic heterocycles. The summed E-state index contributed by atoms with van der Waals surface area (Å²) < 4.78 is 7.11. The summed E-state index contributed by atoms with van der Waals surface area (Å²) in [4.78, 5) is 15.1. The van der Waals surface area contributed by atoms with Gasteiger partial charge in [-0.05, 0) is 0 Å². The van der Waals surface area contributed by atoms with Crippen LogP contribution in [0.4, 0.5) is 4.79 Å². The summed E-state index contributed by atoms with van der Waals surface area (Å²) >= 11 is 0. The number of alkyl carbamates (subject to hydrolysis) is 1. The third-order valence-corrected chi connectivity index (χ3v) is 2.12. The van der Waals surface area contributed by atoms with Gasteiger partial charge in [-0.2, -0.15) is 0 Å². The van der Waals surface area contributed by atoms with Crippen LogP contribution in [0.15, 0.2) is 12.4 Å². The van der Waals surface area contributed by atoms with E-state index in [0.29, 0.717) is 0 Å². The number of imidazole rings is 1. The molecule has 1 aliphatic rings. The molecule has 0 aromatic carbocycles. The Morgan fingerprint density at radius 2 is 2.69 bits per heavy atom. The minimum absolute atomic E-state index is 0.185. The number of nitrogens with zero attached hydrogens (tertiary/aromatic N) is 2. The van der Waals surface area contributed by atoms with Crippen molar-refractivity contribution >= 4 is 6.09 Å². The van der Waals surface area contributed by atoms with E-state index in [-0.39, 0.29) is 6.10 Å². The zero-order valence-corrected chi connectivity index (χ0v) is 7.36. The van der Waals surface area contributed by atoms with Gasteiger partial charge in [0.1, 0.15) is 5.82 Å². The zero-order valence-electron chi connectivity index (χ0n) is 7.36. The summed E-state index contributed by atoms with van der Waals surface area (Å²) in [5, 5.41) is 2.42. The van der Waals surface area contributed by atoms with Crippen LogP contribution >= 0.6 is 0 Å². The van der Waals surface area contributed by atoms with Crippen molar-refractivity contribution in [2.24, 2.45) is 0 Å². The number of carbonyl (C=O) groups excluding carboxylic acids is 1. The van der Waals surface area contributed by atoms with Crippen molar-refractivity contribution in [2.45, 2.75) is 19.1 Å². The Bertz CT molecular complexity index is 321. The van der Waals surface area contributed by atoms with Crippen LogP contribution in [0.25, 0.3) is 0 Å². The lowest BCUT2D eigenvalue weighted by Gasteiger charge is -2.09. The number of nitrogens with one attached hydrogen (secondary N) is 1. The fraction of sp³-hybridized carbons (Fsp3) is 0.500. The van der Waals surface area contributed by atoms with Crippen molar-refractivity contribution < 1.29 is 9.53 Å². The van der Waals surface area contributed by atoms with Crippen LogP contribution in [0.3, 0.4) is 0 Å². The van der Waals surface area contributed by atoms with E-state index in [1.807, 2.05) is 10.8 Å². The molecular weight excluding hydrogens is 170 g/mol. The molecule has 0 saturated carbocycles. The van der Waals surface area contributed by atoms with Crippen LogP contribution in [-0.2, 0) is 11.3 Å². The summed E-state index contributed by atoms with van der Waals surface area (Å²) in [6, 6.07) is 0. The van der Waals surface area contributed by atoms with E-state index in [0.717, 1.165) is 18.8 Å². The Kier molecular flexibility index (Phi) is 1.92. The first-order valence-electron chi connectivity index (χ1n) is 4.20. The fourth-order valence-electron chi connectivity index (χ4n) is 1.48. The van der Waals surface area contributed by atoms with Gasteiger partial charge in [0.15, 0.2) is 6.10 Å². The van der Waals surface area contributed by atoms with Gasteiger partial charge in [0.2, 0.25) is 0 Å². The normalized spacial score (nSPS) is 19.6. The molecule has 1 aromatic rings. The predicted molar refractivity (Wildman–Crippen MR) is 45.1 cm³/mol. The number of aryl methyl sites for hydroxylation is 1. The Balaban J connectivity index is 2.08. The van der Waals surface area contributed by atoms with E-state index in [1.54, 1.807) is 13.2 Å². The molecule has 1 aliphatic heterocycles. The number of amides is 1. The Morgan fingerprint density at radius 3 is 3.46 bits per heavy atom. The molecule has 0 bridgehead atoms. The first-order valence-corrected chi connectivity index (χ1v) is 4.20. The monoisotopic (exact) mass is 181 g/mol. The van der Waals surface area contributed by atoms with Crippen molar-refractivity contribution in [3.8, 4) is 0 Å². The van der Waals surface area contributed by atoms with E-state index < -0.39 is 6.09 Å². The predicted octanol–water partition coefficient (Wildman–Crippen LogP) is 0.684. The molecule has 0 fully saturated rings. The molecule has 0 radical (unpaired) electrons. The van der Waals surface area contributed by atoms with E-state index in [9.17, 15) is 4.79 Å². The number of hydrogen-bond donors (Lipinski definition) is 1. The first-order chi connectivity index (χ1) is 6.31. The molecule has 1 atom stereocenters. The number of carbonyl (C=O) groups is 1. The molecule has 70 valence electrons. The summed E-state index contributed by atoms with van der Waals surface area (Å²) in [6.45, 7) is 0.872. The van der Waals surface area contributed by atoms with Gasteiger partial charge in [0.25, 0.3) is 0 Å². The second-order valence-corrected chi connectivity index (χ2v) is 2.91. The fourth-order valence-corrected chi connectivity index (χ4v) is 1.48. The average molecular weight is 181 g/mol. The highest BCUT2D eigenvalue weighted by molar-refractivity contribution is 5.66. The molecule has 0 unspecified atom stereocenters. The van der Waals surface area contributed by atoms with Crippen molar-refractivity contribution in [3.05, 3.63) is 18.2 Å². The highest BCUT2D eigenvalue weighted by Gasteiger charge is 2.26. The third-order valence-electron chi connectivity index (χ3n) is 2.12. The SMILES string of the molecule is CNC(=O)O[C@H]1CCn2ccnc21. The molecule has 0 aliphatic carbocycles. The topological polar surface area (TPSA) is 56.1 Å². The quantitative estimate of drug-likeness (QED) is 0.693. The van der Waals surface area contributed by atoms with Crippen LogP contribution in [0.1, 0.15) is 18.3 Å². The number of hydrogen-bond acceptors (Lipinski definition) is 3. The van der Waals surface area contributed by atoms with Crippen LogP contribution < -0.4 is 5.32 Å². The molecule has 1 amide bonds. The minimum Gasteiger partial charge on any atom is -0.438 e. The Hall–Kier alpha value is -1.52. The molecule has 2 heterocycles. The second kappa shape index (κ2) is 3.08. The number of aromatic nitrogens is 2. The first kappa shape index (κ1) is 8.10. The molecule has 0 saturated heterocycles. The van der Waals surface area contributed by atoms with Gasteiger partial charge >= 0.3 is 6.09 Å². The van der Waals surface area contributed by atoms with Crippen molar-refractivity contribution in [1.82, 2.24) is 14.9 Å². The van der Waals surface area contributed by atoms with Crippen LogP contribution in [0.5, 0.6) is 0 Å². The minimum atomic E-state index is -0.401. The van der Waals surface area contributed by atoms with E-state index >= 15 is 0 Å². The van der Waals surface area contributed by atoms with Gasteiger partial charge in [-0.3, -0.25) is 0 Å². The number of fused-ring (bicyclic) bond motifs is 1. The second-order valence-electron chi connectivity index (χ2n) is 2.91. The number of ether oxygens (including phenoxy) is 1. The highest BCUT2D eigenvalue weighted by Crippen LogP contribution is 2.26. The zero-order chi connectivity index (χ0) is 9.26. The standard InChI is InChI=1S/C8H11N3O2/c1-9-8(12)13-6-2-4-11-5-3-10-7(6)11/h3,5-6H,2,4H2,1H3,(H,9,12)/t6-/m0/s1. The van der Waals surface area contributed by atoms with Crippen LogP contribution in [0, 0.1) is 0 Å². The van der Waals surface area contributed by atoms with Crippen molar-refractivity contribution in [2.75, 3.05) is 7.05 Å². The van der Waals surface area contributed by atoms with Crippen LogP contribution in [-0.4, -0.2) is 22.7 Å². The van der Waals surface area contributed by atoms with Gasteiger partial charge in [-0.1, -0.05) is 0 Å². The summed E-state index contributed by atoms with van der Waals surface area (Å²) in [7, 11) is 1.55. The van der Waals surface area contributed by atoms with Crippen molar-refractivity contribution in [3.63, 3.8) is 0 Å². The average Bonchev–Trinajstić information content (AvgIpc) is 2.69. The Labute approximate surface area is 75.7 Å². The highest BCUT2D eigenvalue weighted by atomic mass is 16.6. The van der Waals surface area contributed by atoms with E-state index in [4.69, 9.17) is 4.74 Å². The smallest absolute Gasteiger partial charge is 0.407 e. The molecule has 1 N–H and O–H groups in total. The molecule has 2 rings (SSSR count). The molecule has 13 heavy (non-hydrogen) atoms.